The molecule has 1 N–H and O–H groups in total. The highest BCUT2D eigenvalue weighted by Gasteiger charge is 2.25. The van der Waals surface area contributed by atoms with E-state index in [1.807, 2.05) is 30.3 Å². The van der Waals surface area contributed by atoms with Crippen molar-refractivity contribution in [2.24, 2.45) is 0 Å². The minimum absolute atomic E-state index is 0.0470. The molecule has 18 heavy (non-hydrogen) atoms. The second-order valence-corrected chi connectivity index (χ2v) is 4.40. The molecule has 1 heterocycles. The molecule has 0 saturated carbocycles. The van der Waals surface area contributed by atoms with Crippen LogP contribution in [0.4, 0.5) is 4.39 Å². The fourth-order valence-corrected chi connectivity index (χ4v) is 2.46. The molecular weight excluding hydrogens is 229 g/mol. The van der Waals surface area contributed by atoms with Gasteiger partial charge in [-0.3, -0.25) is 0 Å². The Labute approximate surface area is 105 Å². The van der Waals surface area contributed by atoms with Crippen molar-refractivity contribution < 1.29 is 9.13 Å². The van der Waals surface area contributed by atoms with Crippen LogP contribution in [0.25, 0.3) is 0 Å². The summed E-state index contributed by atoms with van der Waals surface area (Å²) in [6.45, 7) is 0.573. The van der Waals surface area contributed by atoms with Gasteiger partial charge in [-0.15, -0.1) is 0 Å². The second-order valence-electron chi connectivity index (χ2n) is 4.40. The first kappa shape index (κ1) is 11.2. The highest BCUT2D eigenvalue weighted by molar-refractivity contribution is 5.43. The Balaban J connectivity index is 2.03. The highest BCUT2D eigenvalue weighted by Crippen LogP contribution is 2.33. The van der Waals surface area contributed by atoms with Crippen molar-refractivity contribution in [3.05, 3.63) is 65.0 Å². The van der Waals surface area contributed by atoms with Crippen molar-refractivity contribution in [3.8, 4) is 5.75 Å². The first-order chi connectivity index (χ1) is 8.79. The SMILES string of the molecule is COc1cccc(C2NCc3c(F)cccc32)c1. The molecule has 2 aromatic rings. The summed E-state index contributed by atoms with van der Waals surface area (Å²) in [6, 6.07) is 13.2. The number of hydrogen-bond donors (Lipinski definition) is 1. The van der Waals surface area contributed by atoms with Gasteiger partial charge in [-0.1, -0.05) is 24.3 Å². The Morgan fingerprint density at radius 3 is 2.89 bits per heavy atom. The van der Waals surface area contributed by atoms with Crippen LogP contribution in [0, 0.1) is 5.82 Å². The van der Waals surface area contributed by atoms with Crippen molar-refractivity contribution in [2.75, 3.05) is 7.11 Å². The number of hydrogen-bond acceptors (Lipinski definition) is 2. The monoisotopic (exact) mass is 243 g/mol. The molecule has 0 fully saturated rings. The van der Waals surface area contributed by atoms with Gasteiger partial charge in [0.05, 0.1) is 13.2 Å². The zero-order valence-electron chi connectivity index (χ0n) is 10.1. The summed E-state index contributed by atoms with van der Waals surface area (Å²) in [7, 11) is 1.65. The van der Waals surface area contributed by atoms with E-state index in [9.17, 15) is 4.39 Å². The van der Waals surface area contributed by atoms with Crippen molar-refractivity contribution in [1.29, 1.82) is 0 Å². The van der Waals surface area contributed by atoms with E-state index in [4.69, 9.17) is 4.74 Å². The largest absolute Gasteiger partial charge is 0.497 e. The number of halogens is 1. The number of rotatable bonds is 2. The van der Waals surface area contributed by atoms with Gasteiger partial charge in [0.25, 0.3) is 0 Å². The van der Waals surface area contributed by atoms with Gasteiger partial charge < -0.3 is 10.1 Å². The van der Waals surface area contributed by atoms with E-state index in [-0.39, 0.29) is 11.9 Å². The third-order valence-corrected chi connectivity index (χ3v) is 3.38. The lowest BCUT2D eigenvalue weighted by Gasteiger charge is -2.13. The van der Waals surface area contributed by atoms with E-state index in [2.05, 4.69) is 5.32 Å². The van der Waals surface area contributed by atoms with Crippen LogP contribution in [0.1, 0.15) is 22.7 Å². The van der Waals surface area contributed by atoms with E-state index in [0.29, 0.717) is 6.54 Å². The quantitative estimate of drug-likeness (QED) is 0.875. The normalized spacial score (nSPS) is 17.6. The van der Waals surface area contributed by atoms with Crippen molar-refractivity contribution in [3.63, 3.8) is 0 Å². The molecule has 2 nitrogen and oxygen atoms in total. The summed E-state index contributed by atoms with van der Waals surface area (Å²) in [6.07, 6.45) is 0. The van der Waals surface area contributed by atoms with Crippen LogP contribution >= 0.6 is 0 Å². The summed E-state index contributed by atoms with van der Waals surface area (Å²) >= 11 is 0. The fourth-order valence-electron chi connectivity index (χ4n) is 2.46. The number of nitrogens with one attached hydrogen (secondary N) is 1. The zero-order valence-corrected chi connectivity index (χ0v) is 10.1. The zero-order chi connectivity index (χ0) is 12.5. The lowest BCUT2D eigenvalue weighted by Crippen LogP contribution is -2.13. The molecule has 1 unspecified atom stereocenters. The van der Waals surface area contributed by atoms with Gasteiger partial charge in [0, 0.05) is 12.1 Å². The molecule has 92 valence electrons. The molecule has 3 heteroatoms. The van der Waals surface area contributed by atoms with Crippen molar-refractivity contribution in [2.45, 2.75) is 12.6 Å². The maximum absolute atomic E-state index is 13.7. The topological polar surface area (TPSA) is 21.3 Å². The maximum Gasteiger partial charge on any atom is 0.128 e. The van der Waals surface area contributed by atoms with Gasteiger partial charge >= 0.3 is 0 Å². The van der Waals surface area contributed by atoms with Gasteiger partial charge in [0.2, 0.25) is 0 Å². The molecular formula is C15H14FNO. The summed E-state index contributed by atoms with van der Waals surface area (Å²) in [4.78, 5) is 0. The first-order valence-electron chi connectivity index (χ1n) is 5.94. The Kier molecular flexibility index (Phi) is 2.76. The standard InChI is InChI=1S/C15H14FNO/c1-18-11-5-2-4-10(8-11)15-12-6-3-7-14(16)13(12)9-17-15/h2-8,15,17H,9H2,1H3. The minimum Gasteiger partial charge on any atom is -0.497 e. The number of fused-ring (bicyclic) bond motifs is 1. The summed E-state index contributed by atoms with van der Waals surface area (Å²) in [5.74, 6) is 0.685. The Hall–Kier alpha value is -1.87. The van der Waals surface area contributed by atoms with Crippen LogP contribution in [0.5, 0.6) is 5.75 Å². The first-order valence-corrected chi connectivity index (χ1v) is 5.94. The van der Waals surface area contributed by atoms with Gasteiger partial charge in [0.1, 0.15) is 11.6 Å². The lowest BCUT2D eigenvalue weighted by atomic mass is 9.98. The second kappa shape index (κ2) is 4.42. The van der Waals surface area contributed by atoms with Crippen LogP contribution in [0.2, 0.25) is 0 Å². The molecule has 0 amide bonds. The van der Waals surface area contributed by atoms with Crippen LogP contribution in [-0.2, 0) is 6.54 Å². The van der Waals surface area contributed by atoms with Crippen LogP contribution < -0.4 is 10.1 Å². The minimum atomic E-state index is -0.134. The van der Waals surface area contributed by atoms with Crippen molar-refractivity contribution >= 4 is 0 Å². The van der Waals surface area contributed by atoms with E-state index in [1.54, 1.807) is 13.2 Å². The molecule has 0 aliphatic carbocycles. The van der Waals surface area contributed by atoms with Gasteiger partial charge in [-0.2, -0.15) is 0 Å². The van der Waals surface area contributed by atoms with E-state index < -0.39 is 0 Å². The van der Waals surface area contributed by atoms with Gasteiger partial charge in [-0.25, -0.2) is 4.39 Å². The van der Waals surface area contributed by atoms with Crippen LogP contribution in [0.15, 0.2) is 42.5 Å². The van der Waals surface area contributed by atoms with E-state index >= 15 is 0 Å². The maximum atomic E-state index is 13.7. The fraction of sp³-hybridized carbons (Fsp3) is 0.200. The summed E-state index contributed by atoms with van der Waals surface area (Å²) in [5, 5.41) is 3.33. The molecule has 0 saturated heterocycles. The molecule has 0 spiro atoms. The Morgan fingerprint density at radius 2 is 2.06 bits per heavy atom. The average molecular weight is 243 g/mol. The Morgan fingerprint density at radius 1 is 1.22 bits per heavy atom. The highest BCUT2D eigenvalue weighted by atomic mass is 19.1. The molecule has 0 bridgehead atoms. The van der Waals surface area contributed by atoms with Gasteiger partial charge in [0.15, 0.2) is 0 Å². The number of benzene rings is 2. The molecule has 1 aliphatic heterocycles. The van der Waals surface area contributed by atoms with E-state index in [1.165, 1.54) is 6.07 Å². The molecule has 1 aliphatic rings. The van der Waals surface area contributed by atoms with Gasteiger partial charge in [-0.05, 0) is 29.3 Å². The van der Waals surface area contributed by atoms with Crippen LogP contribution in [0.3, 0.4) is 0 Å². The number of methoxy groups -OCH3 is 1. The number of ether oxygens (including phenoxy) is 1. The van der Waals surface area contributed by atoms with Crippen LogP contribution in [-0.4, -0.2) is 7.11 Å². The molecule has 0 aromatic heterocycles. The van der Waals surface area contributed by atoms with E-state index in [0.717, 1.165) is 22.4 Å². The molecule has 1 atom stereocenters. The third-order valence-electron chi connectivity index (χ3n) is 3.38. The lowest BCUT2D eigenvalue weighted by molar-refractivity contribution is 0.414. The molecule has 0 radical (unpaired) electrons. The molecule has 3 rings (SSSR count). The summed E-state index contributed by atoms with van der Waals surface area (Å²) < 4.78 is 18.9. The Bertz CT molecular complexity index is 582. The summed E-state index contributed by atoms with van der Waals surface area (Å²) in [5.41, 5.74) is 2.88. The predicted octanol–water partition coefficient (Wildman–Crippen LogP) is 3.03. The van der Waals surface area contributed by atoms with Crippen molar-refractivity contribution in [1.82, 2.24) is 5.32 Å². The smallest absolute Gasteiger partial charge is 0.128 e. The molecule has 2 aromatic carbocycles. The third kappa shape index (κ3) is 1.77. The average Bonchev–Trinajstić information content (AvgIpc) is 2.84. The predicted molar refractivity (Wildman–Crippen MR) is 68.1 cm³/mol.